The van der Waals surface area contributed by atoms with Gasteiger partial charge in [-0.2, -0.15) is 4.31 Å². The molecular formula is C24H33N7O3S. The van der Waals surface area contributed by atoms with Crippen molar-refractivity contribution in [3.63, 3.8) is 0 Å². The third kappa shape index (κ3) is 5.80. The molecule has 1 aliphatic rings. The van der Waals surface area contributed by atoms with Crippen molar-refractivity contribution in [2.75, 3.05) is 55.9 Å². The third-order valence-corrected chi connectivity index (χ3v) is 7.92. The molecule has 0 saturated carbocycles. The van der Waals surface area contributed by atoms with Crippen LogP contribution in [0.5, 0.6) is 0 Å². The molecule has 0 amide bonds. The first kappa shape index (κ1) is 25.1. The molecule has 0 aliphatic carbocycles. The fraction of sp³-hybridized carbons (Fsp3) is 0.458. The van der Waals surface area contributed by atoms with Gasteiger partial charge in [0.15, 0.2) is 0 Å². The molecule has 0 radical (unpaired) electrons. The number of rotatable bonds is 9. The number of sulfonamides is 1. The molecule has 3 heterocycles. The number of anilines is 3. The number of benzene rings is 1. The van der Waals surface area contributed by atoms with Crippen LogP contribution in [0, 0.1) is 6.92 Å². The molecule has 1 fully saturated rings. The molecule has 188 valence electrons. The average Bonchev–Trinajstić information content (AvgIpc) is 3.25. The highest BCUT2D eigenvalue weighted by Crippen LogP contribution is 2.25. The topological polar surface area (TPSA) is 105 Å². The van der Waals surface area contributed by atoms with Gasteiger partial charge in [0, 0.05) is 56.9 Å². The van der Waals surface area contributed by atoms with Crippen LogP contribution in [0.25, 0.3) is 11.4 Å². The van der Waals surface area contributed by atoms with Gasteiger partial charge in [-0.3, -0.25) is 0 Å². The van der Waals surface area contributed by atoms with E-state index in [0.717, 1.165) is 28.6 Å². The molecule has 4 rings (SSSR count). The highest BCUT2D eigenvalue weighted by molar-refractivity contribution is 7.89. The lowest BCUT2D eigenvalue weighted by molar-refractivity contribution is 0.215. The summed E-state index contributed by atoms with van der Waals surface area (Å²) >= 11 is 0. The van der Waals surface area contributed by atoms with Crippen molar-refractivity contribution in [2.45, 2.75) is 26.8 Å². The summed E-state index contributed by atoms with van der Waals surface area (Å²) in [5.41, 5.74) is 3.70. The second-order valence-electron chi connectivity index (χ2n) is 8.79. The number of aromatic nitrogens is 4. The smallest absolute Gasteiger partial charge is 0.227 e. The SMILES string of the molecule is COCCS(=O)(=O)N1CCN(c2ccc(Nc3nccc(-c4cnc(C)n4C(C)C)n3)cc2)CC1. The van der Waals surface area contributed by atoms with Gasteiger partial charge < -0.3 is 19.5 Å². The first-order valence-electron chi connectivity index (χ1n) is 11.7. The van der Waals surface area contributed by atoms with Crippen molar-refractivity contribution in [1.82, 2.24) is 23.8 Å². The number of piperazine rings is 1. The average molecular weight is 500 g/mol. The standard InChI is InChI=1S/C24H33N7O3S/c1-18(2)31-19(3)26-17-23(31)22-9-10-25-24(28-22)27-20-5-7-21(8-6-20)29-11-13-30(14-12-29)35(32,33)16-15-34-4/h5-10,17-18H,11-16H2,1-4H3,(H,25,27,28). The van der Waals surface area contributed by atoms with Crippen molar-refractivity contribution >= 4 is 27.3 Å². The summed E-state index contributed by atoms with van der Waals surface area (Å²) in [4.78, 5) is 15.7. The van der Waals surface area contributed by atoms with E-state index in [1.807, 2.05) is 43.5 Å². The first-order valence-corrected chi connectivity index (χ1v) is 13.4. The molecule has 0 unspecified atom stereocenters. The predicted molar refractivity (Wildman–Crippen MR) is 138 cm³/mol. The van der Waals surface area contributed by atoms with Crippen molar-refractivity contribution in [3.05, 3.63) is 48.5 Å². The quantitative estimate of drug-likeness (QED) is 0.479. The Balaban J connectivity index is 1.40. The Bertz CT molecular complexity index is 1230. The van der Waals surface area contributed by atoms with E-state index in [9.17, 15) is 8.42 Å². The summed E-state index contributed by atoms with van der Waals surface area (Å²) in [5, 5.41) is 3.28. The number of nitrogens with one attached hydrogen (secondary N) is 1. The minimum Gasteiger partial charge on any atom is -0.384 e. The summed E-state index contributed by atoms with van der Waals surface area (Å²) in [6.07, 6.45) is 3.59. The Kier molecular flexibility index (Phi) is 7.68. The Morgan fingerprint density at radius 2 is 1.77 bits per heavy atom. The molecule has 0 atom stereocenters. The monoisotopic (exact) mass is 499 g/mol. The molecular weight excluding hydrogens is 466 g/mol. The zero-order chi connectivity index (χ0) is 25.0. The molecule has 10 nitrogen and oxygen atoms in total. The maximum atomic E-state index is 12.4. The van der Waals surface area contributed by atoms with Crippen LogP contribution < -0.4 is 10.2 Å². The van der Waals surface area contributed by atoms with E-state index in [1.54, 1.807) is 10.5 Å². The lowest BCUT2D eigenvalue weighted by Gasteiger charge is -2.35. The van der Waals surface area contributed by atoms with Gasteiger partial charge in [0.2, 0.25) is 16.0 Å². The fourth-order valence-corrected chi connectivity index (χ4v) is 5.64. The van der Waals surface area contributed by atoms with Crippen LogP contribution in [-0.4, -0.2) is 77.9 Å². The van der Waals surface area contributed by atoms with Crippen LogP contribution in [0.1, 0.15) is 25.7 Å². The lowest BCUT2D eigenvalue weighted by atomic mass is 10.2. The number of aryl methyl sites for hydroxylation is 1. The van der Waals surface area contributed by atoms with Gasteiger partial charge in [0.1, 0.15) is 5.82 Å². The van der Waals surface area contributed by atoms with Crippen LogP contribution >= 0.6 is 0 Å². The maximum Gasteiger partial charge on any atom is 0.227 e. The van der Waals surface area contributed by atoms with Gasteiger partial charge in [0.05, 0.1) is 29.9 Å². The van der Waals surface area contributed by atoms with E-state index >= 15 is 0 Å². The number of imidazole rings is 1. The van der Waals surface area contributed by atoms with E-state index in [2.05, 4.69) is 38.6 Å². The molecule has 2 aromatic heterocycles. The Morgan fingerprint density at radius 1 is 1.06 bits per heavy atom. The van der Waals surface area contributed by atoms with Gasteiger partial charge in [-0.1, -0.05) is 0 Å². The molecule has 0 bridgehead atoms. The maximum absolute atomic E-state index is 12.4. The Morgan fingerprint density at radius 3 is 2.43 bits per heavy atom. The second-order valence-corrected chi connectivity index (χ2v) is 10.9. The number of nitrogens with zero attached hydrogens (tertiary/aromatic N) is 6. The zero-order valence-corrected chi connectivity index (χ0v) is 21.5. The van der Waals surface area contributed by atoms with Gasteiger partial charge in [0.25, 0.3) is 0 Å². The van der Waals surface area contributed by atoms with Crippen molar-refractivity contribution in [1.29, 1.82) is 0 Å². The predicted octanol–water partition coefficient (Wildman–Crippen LogP) is 3.07. The highest BCUT2D eigenvalue weighted by Gasteiger charge is 2.26. The van der Waals surface area contributed by atoms with Crippen molar-refractivity contribution < 1.29 is 13.2 Å². The summed E-state index contributed by atoms with van der Waals surface area (Å²) in [7, 11) is -1.76. The van der Waals surface area contributed by atoms with Gasteiger partial charge in [-0.15, -0.1) is 0 Å². The molecule has 1 aromatic carbocycles. The van der Waals surface area contributed by atoms with Gasteiger partial charge >= 0.3 is 0 Å². The van der Waals surface area contributed by atoms with E-state index in [-0.39, 0.29) is 18.4 Å². The molecule has 11 heteroatoms. The van der Waals surface area contributed by atoms with Crippen LogP contribution in [-0.2, 0) is 14.8 Å². The summed E-state index contributed by atoms with van der Waals surface area (Å²) in [6.45, 7) is 8.69. The zero-order valence-electron chi connectivity index (χ0n) is 20.7. The van der Waals surface area contributed by atoms with Gasteiger partial charge in [-0.05, 0) is 51.1 Å². The third-order valence-electron chi connectivity index (χ3n) is 6.08. The molecule has 1 aliphatic heterocycles. The number of ether oxygens (including phenoxy) is 1. The van der Waals surface area contributed by atoms with Gasteiger partial charge in [-0.25, -0.2) is 23.4 Å². The normalized spacial score (nSPS) is 15.1. The molecule has 3 aromatic rings. The number of hydrogen-bond donors (Lipinski definition) is 1. The summed E-state index contributed by atoms with van der Waals surface area (Å²) in [5.74, 6) is 1.48. The van der Waals surface area contributed by atoms with Crippen LogP contribution in [0.4, 0.5) is 17.3 Å². The van der Waals surface area contributed by atoms with E-state index in [4.69, 9.17) is 9.72 Å². The highest BCUT2D eigenvalue weighted by atomic mass is 32.2. The van der Waals surface area contributed by atoms with Crippen LogP contribution in [0.3, 0.4) is 0 Å². The largest absolute Gasteiger partial charge is 0.384 e. The summed E-state index contributed by atoms with van der Waals surface area (Å²) in [6, 6.07) is 10.2. The minimum atomic E-state index is -3.27. The minimum absolute atomic E-state index is 0.0204. The van der Waals surface area contributed by atoms with Crippen LogP contribution in [0.2, 0.25) is 0 Å². The Labute approximate surface area is 207 Å². The molecule has 1 saturated heterocycles. The molecule has 35 heavy (non-hydrogen) atoms. The lowest BCUT2D eigenvalue weighted by Crippen LogP contribution is -2.49. The second kappa shape index (κ2) is 10.7. The first-order chi connectivity index (χ1) is 16.8. The van der Waals surface area contributed by atoms with Crippen molar-refractivity contribution in [2.24, 2.45) is 0 Å². The van der Waals surface area contributed by atoms with E-state index in [0.29, 0.717) is 32.1 Å². The fourth-order valence-electron chi connectivity index (χ4n) is 4.28. The van der Waals surface area contributed by atoms with E-state index < -0.39 is 10.0 Å². The number of hydrogen-bond acceptors (Lipinski definition) is 8. The molecule has 1 N–H and O–H groups in total. The van der Waals surface area contributed by atoms with Crippen molar-refractivity contribution in [3.8, 4) is 11.4 Å². The number of methoxy groups -OCH3 is 1. The van der Waals surface area contributed by atoms with Crippen LogP contribution in [0.15, 0.2) is 42.7 Å². The Hall–Kier alpha value is -3.02. The molecule has 0 spiro atoms. The van der Waals surface area contributed by atoms with E-state index in [1.165, 1.54) is 7.11 Å². The summed E-state index contributed by atoms with van der Waals surface area (Å²) < 4.78 is 33.4.